The van der Waals surface area contributed by atoms with Gasteiger partial charge in [0.05, 0.1) is 22.7 Å². The van der Waals surface area contributed by atoms with Gasteiger partial charge in [-0.15, -0.1) is 0 Å². The molecule has 4 rings (SSSR count). The Morgan fingerprint density at radius 2 is 1.14 bits per heavy atom. The van der Waals surface area contributed by atoms with Crippen molar-refractivity contribution in [2.24, 2.45) is 5.73 Å². The van der Waals surface area contributed by atoms with Crippen molar-refractivity contribution in [2.45, 2.75) is 30.6 Å². The standard InChI is InChI=1S/C28H27NO8/c1-33-28-24(37-27(32)20-15-9-4-10-16-20)23(36-26(31)19-13-7-3-8-14-19)22(29)21(35-28)17-34-25(30)18-11-5-2-6-12-18/h2-16,21-24,28H,17,29H2,1H3/t21-,22-,23+,24-,28+/m1/s1. The topological polar surface area (TPSA) is 123 Å². The third kappa shape index (κ3) is 6.39. The fourth-order valence-corrected chi connectivity index (χ4v) is 3.88. The minimum absolute atomic E-state index is 0.243. The summed E-state index contributed by atoms with van der Waals surface area (Å²) in [6.07, 6.45) is -4.43. The van der Waals surface area contributed by atoms with Crippen molar-refractivity contribution in [1.29, 1.82) is 0 Å². The molecule has 1 aliphatic rings. The molecule has 3 aromatic carbocycles. The van der Waals surface area contributed by atoms with E-state index in [4.69, 9.17) is 29.4 Å². The molecule has 0 bridgehead atoms. The first-order chi connectivity index (χ1) is 18.0. The molecule has 0 radical (unpaired) electrons. The molecule has 9 nitrogen and oxygen atoms in total. The predicted octanol–water partition coefficient (Wildman–Crippen LogP) is 2.99. The molecular formula is C28H27NO8. The van der Waals surface area contributed by atoms with Crippen LogP contribution in [-0.4, -0.2) is 62.3 Å². The Morgan fingerprint density at radius 1 is 0.703 bits per heavy atom. The summed E-state index contributed by atoms with van der Waals surface area (Å²) in [5.41, 5.74) is 7.39. The first kappa shape index (κ1) is 26.0. The maximum Gasteiger partial charge on any atom is 0.338 e. The van der Waals surface area contributed by atoms with Crippen LogP contribution < -0.4 is 5.73 Å². The number of esters is 3. The van der Waals surface area contributed by atoms with Crippen LogP contribution >= 0.6 is 0 Å². The minimum Gasteiger partial charge on any atom is -0.459 e. The molecule has 1 aliphatic heterocycles. The van der Waals surface area contributed by atoms with Crippen molar-refractivity contribution in [3.63, 3.8) is 0 Å². The first-order valence-corrected chi connectivity index (χ1v) is 11.7. The monoisotopic (exact) mass is 505 g/mol. The smallest absolute Gasteiger partial charge is 0.338 e. The summed E-state index contributed by atoms with van der Waals surface area (Å²) in [7, 11) is 1.36. The van der Waals surface area contributed by atoms with Crippen LogP contribution in [0.2, 0.25) is 0 Å². The highest BCUT2D eigenvalue weighted by molar-refractivity contribution is 5.90. The largest absolute Gasteiger partial charge is 0.459 e. The second kappa shape index (κ2) is 12.3. The molecule has 37 heavy (non-hydrogen) atoms. The number of hydrogen-bond acceptors (Lipinski definition) is 9. The van der Waals surface area contributed by atoms with Crippen molar-refractivity contribution in [1.82, 2.24) is 0 Å². The summed E-state index contributed by atoms with van der Waals surface area (Å²) in [5.74, 6) is -1.91. The Kier molecular flexibility index (Phi) is 8.63. The fraction of sp³-hybridized carbons (Fsp3) is 0.250. The lowest BCUT2D eigenvalue weighted by Crippen LogP contribution is -2.64. The number of hydrogen-bond donors (Lipinski definition) is 1. The Morgan fingerprint density at radius 3 is 1.59 bits per heavy atom. The van der Waals surface area contributed by atoms with Gasteiger partial charge in [0, 0.05) is 7.11 Å². The molecular weight excluding hydrogens is 478 g/mol. The van der Waals surface area contributed by atoms with Gasteiger partial charge in [0.15, 0.2) is 18.5 Å². The summed E-state index contributed by atoms with van der Waals surface area (Å²) in [6.45, 7) is -0.243. The van der Waals surface area contributed by atoms with E-state index in [0.29, 0.717) is 5.56 Å². The van der Waals surface area contributed by atoms with E-state index in [9.17, 15) is 14.4 Å². The van der Waals surface area contributed by atoms with Crippen LogP contribution in [0.3, 0.4) is 0 Å². The number of benzene rings is 3. The van der Waals surface area contributed by atoms with E-state index in [0.717, 1.165) is 0 Å². The SMILES string of the molecule is CO[C@H]1O[C@H](COC(=O)c2ccccc2)[C@@H](N)[C@H](OC(=O)c2ccccc2)[C@H]1OC(=O)c1ccccc1. The number of methoxy groups -OCH3 is 1. The number of carbonyl (C=O) groups excluding carboxylic acids is 3. The van der Waals surface area contributed by atoms with Crippen molar-refractivity contribution in [2.75, 3.05) is 13.7 Å². The van der Waals surface area contributed by atoms with Gasteiger partial charge in [0.2, 0.25) is 0 Å². The van der Waals surface area contributed by atoms with E-state index in [1.807, 2.05) is 0 Å². The molecule has 1 heterocycles. The normalized spacial score (nSPS) is 23.0. The summed E-state index contributed by atoms with van der Waals surface area (Å²) in [6, 6.07) is 24.1. The highest BCUT2D eigenvalue weighted by atomic mass is 16.7. The van der Waals surface area contributed by atoms with Gasteiger partial charge < -0.3 is 29.4 Å². The number of rotatable bonds is 8. The Labute approximate surface area is 214 Å². The zero-order chi connectivity index (χ0) is 26.2. The summed E-state index contributed by atoms with van der Waals surface area (Å²) in [5, 5.41) is 0. The molecule has 0 unspecified atom stereocenters. The Bertz CT molecular complexity index is 1190. The van der Waals surface area contributed by atoms with Crippen LogP contribution in [0.4, 0.5) is 0 Å². The lowest BCUT2D eigenvalue weighted by molar-refractivity contribution is -0.267. The summed E-state index contributed by atoms with van der Waals surface area (Å²) >= 11 is 0. The molecule has 9 heteroatoms. The van der Waals surface area contributed by atoms with E-state index < -0.39 is 48.6 Å². The van der Waals surface area contributed by atoms with E-state index in [-0.39, 0.29) is 17.7 Å². The van der Waals surface area contributed by atoms with Crippen LogP contribution in [-0.2, 0) is 23.7 Å². The average molecular weight is 506 g/mol. The number of carbonyl (C=O) groups is 3. The second-order valence-corrected chi connectivity index (χ2v) is 8.29. The van der Waals surface area contributed by atoms with E-state index in [2.05, 4.69) is 0 Å². The van der Waals surface area contributed by atoms with Crippen LogP contribution in [0, 0.1) is 0 Å². The molecule has 2 N–H and O–H groups in total. The molecule has 192 valence electrons. The van der Waals surface area contributed by atoms with Gasteiger partial charge in [0.1, 0.15) is 12.7 Å². The number of ether oxygens (including phenoxy) is 5. The third-order valence-electron chi connectivity index (χ3n) is 5.84. The maximum atomic E-state index is 12.9. The highest BCUT2D eigenvalue weighted by Gasteiger charge is 2.49. The van der Waals surface area contributed by atoms with Gasteiger partial charge >= 0.3 is 17.9 Å². The molecule has 0 aromatic heterocycles. The van der Waals surface area contributed by atoms with Crippen molar-refractivity contribution in [3.05, 3.63) is 108 Å². The Balaban J connectivity index is 1.55. The van der Waals surface area contributed by atoms with Gasteiger partial charge in [-0.2, -0.15) is 0 Å². The van der Waals surface area contributed by atoms with Gasteiger partial charge in [-0.1, -0.05) is 54.6 Å². The van der Waals surface area contributed by atoms with Crippen molar-refractivity contribution < 1.29 is 38.1 Å². The van der Waals surface area contributed by atoms with Gasteiger partial charge in [0.25, 0.3) is 0 Å². The van der Waals surface area contributed by atoms with Crippen LogP contribution in [0.5, 0.6) is 0 Å². The zero-order valence-electron chi connectivity index (χ0n) is 20.1. The summed E-state index contributed by atoms with van der Waals surface area (Å²) < 4.78 is 28.2. The maximum absolute atomic E-state index is 12.9. The quantitative estimate of drug-likeness (QED) is 0.363. The zero-order valence-corrected chi connectivity index (χ0v) is 20.1. The Hall–Kier alpha value is -4.05. The van der Waals surface area contributed by atoms with Gasteiger partial charge in [-0.05, 0) is 36.4 Å². The molecule has 0 spiro atoms. The van der Waals surface area contributed by atoms with Crippen LogP contribution in [0.25, 0.3) is 0 Å². The van der Waals surface area contributed by atoms with Crippen LogP contribution in [0.1, 0.15) is 31.1 Å². The van der Waals surface area contributed by atoms with Crippen LogP contribution in [0.15, 0.2) is 91.0 Å². The second-order valence-electron chi connectivity index (χ2n) is 8.29. The average Bonchev–Trinajstić information content (AvgIpc) is 2.95. The van der Waals surface area contributed by atoms with E-state index in [1.54, 1.807) is 91.0 Å². The first-order valence-electron chi connectivity index (χ1n) is 11.7. The fourth-order valence-electron chi connectivity index (χ4n) is 3.88. The molecule has 1 fully saturated rings. The minimum atomic E-state index is -1.19. The third-order valence-corrected chi connectivity index (χ3v) is 5.84. The molecule has 0 saturated carbocycles. The van der Waals surface area contributed by atoms with E-state index >= 15 is 0 Å². The lowest BCUT2D eigenvalue weighted by atomic mass is 9.96. The number of nitrogens with two attached hydrogens (primary N) is 1. The lowest BCUT2D eigenvalue weighted by Gasteiger charge is -2.43. The molecule has 0 amide bonds. The van der Waals surface area contributed by atoms with E-state index in [1.165, 1.54) is 7.11 Å². The van der Waals surface area contributed by atoms with Gasteiger partial charge in [-0.25, -0.2) is 14.4 Å². The van der Waals surface area contributed by atoms with Gasteiger partial charge in [-0.3, -0.25) is 0 Å². The molecule has 1 saturated heterocycles. The molecule has 5 atom stereocenters. The molecule has 3 aromatic rings. The highest BCUT2D eigenvalue weighted by Crippen LogP contribution is 2.28. The van der Waals surface area contributed by atoms with Crippen molar-refractivity contribution in [3.8, 4) is 0 Å². The summed E-state index contributed by atoms with van der Waals surface area (Å²) in [4.78, 5) is 38.2. The predicted molar refractivity (Wildman–Crippen MR) is 132 cm³/mol. The van der Waals surface area contributed by atoms with Crippen molar-refractivity contribution >= 4 is 17.9 Å². The molecule has 0 aliphatic carbocycles.